The number of aromatic nitrogens is 4. The highest BCUT2D eigenvalue weighted by molar-refractivity contribution is 5.80. The van der Waals surface area contributed by atoms with E-state index in [0.717, 1.165) is 30.7 Å². The summed E-state index contributed by atoms with van der Waals surface area (Å²) in [5, 5.41) is 14.2. The molecule has 2 heterocycles. The first-order valence-electron chi connectivity index (χ1n) is 8.78. The predicted octanol–water partition coefficient (Wildman–Crippen LogP) is 3.37. The average Bonchev–Trinajstić information content (AvgIpc) is 3.21. The molecule has 4 aromatic rings. The second-order valence-corrected chi connectivity index (χ2v) is 6.15. The van der Waals surface area contributed by atoms with E-state index in [-0.39, 0.29) is 5.43 Å². The van der Waals surface area contributed by atoms with Crippen LogP contribution in [0.3, 0.4) is 0 Å². The summed E-state index contributed by atoms with van der Waals surface area (Å²) >= 11 is 0. The summed E-state index contributed by atoms with van der Waals surface area (Å²) in [7, 11) is 0. The molecule has 0 atom stereocenters. The van der Waals surface area contributed by atoms with Crippen LogP contribution in [0.4, 0.5) is 0 Å². The van der Waals surface area contributed by atoms with Crippen molar-refractivity contribution in [1.82, 2.24) is 20.6 Å². The van der Waals surface area contributed by atoms with Crippen LogP contribution >= 0.6 is 0 Å². The number of tetrazole rings is 1. The van der Waals surface area contributed by atoms with Crippen molar-refractivity contribution in [3.63, 3.8) is 0 Å². The molecule has 0 radical (unpaired) electrons. The number of nitrogens with one attached hydrogen (secondary N) is 1. The van der Waals surface area contributed by atoms with E-state index in [2.05, 4.69) is 20.6 Å². The van der Waals surface area contributed by atoms with Crippen molar-refractivity contribution >= 4 is 11.0 Å². The molecule has 0 unspecified atom stereocenters. The number of hydrogen-bond donors (Lipinski definition) is 1. The van der Waals surface area contributed by atoms with Crippen molar-refractivity contribution in [2.24, 2.45) is 0 Å². The van der Waals surface area contributed by atoms with Crippen molar-refractivity contribution in [1.29, 1.82) is 0 Å². The standard InChI is InChI=1S/C20H18N4O3/c25-17-13-18(14-6-2-1-3-7-14)27-19-12-15(9-10-16(17)19)26-11-5-4-8-20-21-23-24-22-20/h1-3,6-7,9-10,12-13H,4-5,8,11H2,(H,21,22,23,24). The van der Waals surface area contributed by atoms with Gasteiger partial charge in [0.1, 0.15) is 22.9 Å². The molecule has 0 aliphatic rings. The fourth-order valence-electron chi connectivity index (χ4n) is 2.84. The first-order valence-corrected chi connectivity index (χ1v) is 8.78. The van der Waals surface area contributed by atoms with Gasteiger partial charge in [-0.25, -0.2) is 5.10 Å². The van der Waals surface area contributed by atoms with Crippen molar-refractivity contribution in [2.45, 2.75) is 19.3 Å². The van der Waals surface area contributed by atoms with E-state index < -0.39 is 0 Å². The van der Waals surface area contributed by atoms with E-state index in [9.17, 15) is 4.79 Å². The third-order valence-electron chi connectivity index (χ3n) is 4.22. The molecule has 2 aromatic carbocycles. The SMILES string of the molecule is O=c1cc(-c2ccccc2)oc2cc(OCCCCc3nnn[nH]3)ccc12. The topological polar surface area (TPSA) is 93.9 Å². The van der Waals surface area contributed by atoms with Crippen LogP contribution in [0.2, 0.25) is 0 Å². The van der Waals surface area contributed by atoms with E-state index in [1.165, 1.54) is 6.07 Å². The van der Waals surface area contributed by atoms with Gasteiger partial charge in [-0.1, -0.05) is 30.3 Å². The van der Waals surface area contributed by atoms with Gasteiger partial charge in [0, 0.05) is 24.1 Å². The molecule has 7 heteroatoms. The van der Waals surface area contributed by atoms with Gasteiger partial charge in [-0.2, -0.15) is 0 Å². The Hall–Kier alpha value is -3.48. The second-order valence-electron chi connectivity index (χ2n) is 6.15. The van der Waals surface area contributed by atoms with Crippen LogP contribution in [0.1, 0.15) is 18.7 Å². The van der Waals surface area contributed by atoms with Crippen LogP contribution in [0.5, 0.6) is 5.75 Å². The second kappa shape index (κ2) is 7.82. The Kier molecular flexibility index (Phi) is 4.91. The molecule has 4 rings (SSSR count). The number of aryl methyl sites for hydroxylation is 1. The minimum atomic E-state index is -0.0673. The molecule has 0 bridgehead atoms. The van der Waals surface area contributed by atoms with Gasteiger partial charge < -0.3 is 9.15 Å². The van der Waals surface area contributed by atoms with Crippen LogP contribution in [0, 0.1) is 0 Å². The lowest BCUT2D eigenvalue weighted by atomic mass is 10.1. The van der Waals surface area contributed by atoms with E-state index in [4.69, 9.17) is 9.15 Å². The average molecular weight is 362 g/mol. The number of fused-ring (bicyclic) bond motifs is 1. The minimum absolute atomic E-state index is 0.0673. The summed E-state index contributed by atoms with van der Waals surface area (Å²) in [6.45, 7) is 0.565. The monoisotopic (exact) mass is 362 g/mol. The van der Waals surface area contributed by atoms with Crippen molar-refractivity contribution in [3.8, 4) is 17.1 Å². The Balaban J connectivity index is 1.45. The van der Waals surface area contributed by atoms with Crippen molar-refractivity contribution in [3.05, 3.63) is 70.6 Å². The molecule has 2 aromatic heterocycles. The molecule has 0 saturated carbocycles. The summed E-state index contributed by atoms with van der Waals surface area (Å²) in [6, 6.07) is 16.4. The third kappa shape index (κ3) is 4.03. The lowest BCUT2D eigenvalue weighted by Crippen LogP contribution is -2.02. The van der Waals surface area contributed by atoms with E-state index in [1.807, 2.05) is 30.3 Å². The van der Waals surface area contributed by atoms with E-state index in [0.29, 0.717) is 29.1 Å². The van der Waals surface area contributed by atoms with E-state index >= 15 is 0 Å². The van der Waals surface area contributed by atoms with Gasteiger partial charge in [0.05, 0.1) is 12.0 Å². The summed E-state index contributed by atoms with van der Waals surface area (Å²) in [4.78, 5) is 12.4. The molecule has 7 nitrogen and oxygen atoms in total. The minimum Gasteiger partial charge on any atom is -0.493 e. The third-order valence-corrected chi connectivity index (χ3v) is 4.22. The largest absolute Gasteiger partial charge is 0.493 e. The van der Waals surface area contributed by atoms with Crippen LogP contribution in [-0.2, 0) is 6.42 Å². The highest BCUT2D eigenvalue weighted by Crippen LogP contribution is 2.24. The number of nitrogens with zero attached hydrogens (tertiary/aromatic N) is 3. The summed E-state index contributed by atoms with van der Waals surface area (Å²) in [6.07, 6.45) is 2.56. The zero-order chi connectivity index (χ0) is 18.5. The maximum absolute atomic E-state index is 12.4. The van der Waals surface area contributed by atoms with Crippen molar-refractivity contribution in [2.75, 3.05) is 6.61 Å². The Labute approximate surface area is 155 Å². The number of ether oxygens (including phenoxy) is 1. The zero-order valence-corrected chi connectivity index (χ0v) is 14.6. The number of hydrogen-bond acceptors (Lipinski definition) is 6. The first kappa shape index (κ1) is 17.0. The molecule has 0 amide bonds. The van der Waals surface area contributed by atoms with Gasteiger partial charge in [-0.05, 0) is 35.4 Å². The first-order chi connectivity index (χ1) is 13.3. The zero-order valence-electron chi connectivity index (χ0n) is 14.6. The highest BCUT2D eigenvalue weighted by atomic mass is 16.5. The molecule has 0 aliphatic heterocycles. The van der Waals surface area contributed by atoms with E-state index in [1.54, 1.807) is 18.2 Å². The molecule has 0 fully saturated rings. The number of unbranched alkanes of at least 4 members (excludes halogenated alkanes) is 1. The van der Waals surface area contributed by atoms with Gasteiger partial charge in [0.25, 0.3) is 0 Å². The number of H-pyrrole nitrogens is 1. The summed E-state index contributed by atoms with van der Waals surface area (Å²) in [5.74, 6) is 2.00. The smallest absolute Gasteiger partial charge is 0.193 e. The maximum Gasteiger partial charge on any atom is 0.193 e. The van der Waals surface area contributed by atoms with Gasteiger partial charge in [-0.3, -0.25) is 4.79 Å². The fraction of sp³-hybridized carbons (Fsp3) is 0.200. The number of aromatic amines is 1. The molecule has 0 spiro atoms. The number of rotatable bonds is 7. The van der Waals surface area contributed by atoms with Crippen LogP contribution in [-0.4, -0.2) is 27.2 Å². The lowest BCUT2D eigenvalue weighted by molar-refractivity contribution is 0.306. The van der Waals surface area contributed by atoms with Crippen LogP contribution in [0.25, 0.3) is 22.3 Å². The van der Waals surface area contributed by atoms with Crippen LogP contribution in [0.15, 0.2) is 63.8 Å². The molecule has 0 aliphatic carbocycles. The Morgan fingerprint density at radius 1 is 1.04 bits per heavy atom. The summed E-state index contributed by atoms with van der Waals surface area (Å²) < 4.78 is 11.7. The van der Waals surface area contributed by atoms with Crippen molar-refractivity contribution < 1.29 is 9.15 Å². The molecule has 1 N–H and O–H groups in total. The lowest BCUT2D eigenvalue weighted by Gasteiger charge is -2.07. The quantitative estimate of drug-likeness (QED) is 0.507. The van der Waals surface area contributed by atoms with Gasteiger partial charge >= 0.3 is 0 Å². The molecule has 136 valence electrons. The Morgan fingerprint density at radius 3 is 2.74 bits per heavy atom. The molecule has 0 saturated heterocycles. The Bertz CT molecular complexity index is 1080. The van der Waals surface area contributed by atoms with Gasteiger partial charge in [-0.15, -0.1) is 5.10 Å². The fourth-order valence-corrected chi connectivity index (χ4v) is 2.84. The molecular weight excluding hydrogens is 344 g/mol. The summed E-state index contributed by atoms with van der Waals surface area (Å²) in [5.41, 5.74) is 1.32. The Morgan fingerprint density at radius 2 is 1.93 bits per heavy atom. The maximum atomic E-state index is 12.4. The highest BCUT2D eigenvalue weighted by Gasteiger charge is 2.08. The predicted molar refractivity (Wildman–Crippen MR) is 101 cm³/mol. The normalized spacial score (nSPS) is 11.0. The molecular formula is C20H18N4O3. The number of benzene rings is 2. The molecule has 27 heavy (non-hydrogen) atoms. The van der Waals surface area contributed by atoms with Gasteiger partial charge in [0.15, 0.2) is 5.43 Å². The van der Waals surface area contributed by atoms with Gasteiger partial charge in [0.2, 0.25) is 0 Å². The van der Waals surface area contributed by atoms with Crippen LogP contribution < -0.4 is 10.2 Å².